The van der Waals surface area contributed by atoms with Gasteiger partial charge in [-0.25, -0.2) is 18.7 Å². The van der Waals surface area contributed by atoms with Crippen LogP contribution in [0.4, 0.5) is 8.78 Å². The lowest BCUT2D eigenvalue weighted by atomic mass is 9.78. The third-order valence-electron chi connectivity index (χ3n) is 6.67. The van der Waals surface area contributed by atoms with E-state index in [1.54, 1.807) is 31.5 Å². The molecule has 0 radical (unpaired) electrons. The number of phenolic OH excluding ortho intramolecular Hbond substituents is 1. The van der Waals surface area contributed by atoms with Crippen LogP contribution in [0.3, 0.4) is 0 Å². The Morgan fingerprint density at radius 2 is 1.94 bits per heavy atom. The zero-order valence-corrected chi connectivity index (χ0v) is 20.2. The Labute approximate surface area is 198 Å². The number of carbonyl (C=O) groups excluding carboxylic acids is 1. The number of phenols is 1. The van der Waals surface area contributed by atoms with Crippen molar-refractivity contribution in [2.24, 2.45) is 5.41 Å². The summed E-state index contributed by atoms with van der Waals surface area (Å²) in [6.45, 7) is 3.01. The van der Waals surface area contributed by atoms with Gasteiger partial charge in [0.15, 0.2) is 0 Å². The first-order valence-corrected chi connectivity index (χ1v) is 11.4. The van der Waals surface area contributed by atoms with Crippen molar-refractivity contribution < 1.29 is 18.7 Å². The SMILES string of the molecule is Cc1ncc([C@@H](CC(=O)NC[C@H](Cc2ccc(O)c(Cl)c2)N(C)C)C2(C(C)(F)F)CC2)cn1. The molecule has 1 fully saturated rings. The molecular weight excluding hydrogens is 450 g/mol. The molecule has 1 aromatic heterocycles. The van der Waals surface area contributed by atoms with Crippen LogP contribution in [0.2, 0.25) is 5.02 Å². The molecule has 0 saturated heterocycles. The molecule has 2 aromatic rings. The molecule has 1 aromatic carbocycles. The van der Waals surface area contributed by atoms with Gasteiger partial charge >= 0.3 is 0 Å². The second-order valence-electron chi connectivity index (χ2n) is 9.28. The Morgan fingerprint density at radius 1 is 1.30 bits per heavy atom. The predicted octanol–water partition coefficient (Wildman–Crippen LogP) is 4.34. The van der Waals surface area contributed by atoms with Gasteiger partial charge in [-0.1, -0.05) is 17.7 Å². The van der Waals surface area contributed by atoms with Crippen LogP contribution in [0.25, 0.3) is 0 Å². The summed E-state index contributed by atoms with van der Waals surface area (Å²) in [7, 11) is 3.81. The van der Waals surface area contributed by atoms with Gasteiger partial charge in [-0.2, -0.15) is 0 Å². The van der Waals surface area contributed by atoms with E-state index in [4.69, 9.17) is 11.6 Å². The highest BCUT2D eigenvalue weighted by molar-refractivity contribution is 6.32. The number of aromatic nitrogens is 2. The number of aryl methyl sites for hydroxylation is 1. The molecule has 180 valence electrons. The van der Waals surface area contributed by atoms with Crippen molar-refractivity contribution in [1.29, 1.82) is 0 Å². The van der Waals surface area contributed by atoms with Gasteiger partial charge in [-0.15, -0.1) is 0 Å². The van der Waals surface area contributed by atoms with E-state index in [-0.39, 0.29) is 29.1 Å². The fourth-order valence-electron chi connectivity index (χ4n) is 4.32. The molecule has 1 amide bonds. The fourth-order valence-corrected chi connectivity index (χ4v) is 4.52. The highest BCUT2D eigenvalue weighted by atomic mass is 35.5. The van der Waals surface area contributed by atoms with Gasteiger partial charge in [0, 0.05) is 42.7 Å². The number of amides is 1. The van der Waals surface area contributed by atoms with Crippen molar-refractivity contribution in [2.45, 2.75) is 57.4 Å². The molecule has 0 bridgehead atoms. The minimum Gasteiger partial charge on any atom is -0.506 e. The lowest BCUT2D eigenvalue weighted by Gasteiger charge is -2.32. The number of nitrogens with zero attached hydrogens (tertiary/aromatic N) is 3. The van der Waals surface area contributed by atoms with Crippen molar-refractivity contribution in [3.63, 3.8) is 0 Å². The molecule has 1 heterocycles. The van der Waals surface area contributed by atoms with Gasteiger partial charge in [-0.05, 0) is 70.5 Å². The molecule has 6 nitrogen and oxygen atoms in total. The number of aromatic hydroxyl groups is 1. The van der Waals surface area contributed by atoms with Crippen LogP contribution in [0.5, 0.6) is 5.75 Å². The first kappa shape index (κ1) is 25.3. The smallest absolute Gasteiger partial charge is 0.251 e. The maximum absolute atomic E-state index is 14.5. The van der Waals surface area contributed by atoms with E-state index in [0.29, 0.717) is 37.2 Å². The topological polar surface area (TPSA) is 78.3 Å². The van der Waals surface area contributed by atoms with Crippen LogP contribution < -0.4 is 5.32 Å². The average molecular weight is 481 g/mol. The summed E-state index contributed by atoms with van der Waals surface area (Å²) >= 11 is 6.01. The summed E-state index contributed by atoms with van der Waals surface area (Å²) < 4.78 is 29.1. The van der Waals surface area contributed by atoms with E-state index in [1.807, 2.05) is 19.0 Å². The molecule has 1 saturated carbocycles. The van der Waals surface area contributed by atoms with Gasteiger partial charge in [0.05, 0.1) is 5.02 Å². The Kier molecular flexibility index (Phi) is 7.59. The van der Waals surface area contributed by atoms with Crippen molar-refractivity contribution in [3.8, 4) is 5.75 Å². The maximum atomic E-state index is 14.5. The number of nitrogens with one attached hydrogen (secondary N) is 1. The van der Waals surface area contributed by atoms with E-state index in [9.17, 15) is 18.7 Å². The molecule has 0 unspecified atom stereocenters. The molecule has 0 spiro atoms. The summed E-state index contributed by atoms with van der Waals surface area (Å²) in [5.74, 6) is -3.28. The normalized spacial score (nSPS) is 17.0. The minimum atomic E-state index is -2.91. The van der Waals surface area contributed by atoms with E-state index >= 15 is 0 Å². The van der Waals surface area contributed by atoms with Gasteiger partial charge in [0.2, 0.25) is 5.91 Å². The van der Waals surface area contributed by atoms with E-state index in [0.717, 1.165) is 12.5 Å². The Morgan fingerprint density at radius 3 is 2.45 bits per heavy atom. The second-order valence-corrected chi connectivity index (χ2v) is 9.68. The zero-order chi connectivity index (χ0) is 24.4. The molecule has 3 rings (SSSR count). The highest BCUT2D eigenvalue weighted by Gasteiger charge is 2.63. The first-order valence-electron chi connectivity index (χ1n) is 11.0. The van der Waals surface area contributed by atoms with Gasteiger partial charge in [0.1, 0.15) is 11.6 Å². The quantitative estimate of drug-likeness (QED) is 0.529. The fraction of sp³-hybridized carbons (Fsp3) is 0.542. The van der Waals surface area contributed by atoms with Crippen molar-refractivity contribution in [2.75, 3.05) is 20.6 Å². The number of likely N-dealkylation sites (N-methyl/N-ethyl adjacent to an activating group) is 1. The number of alkyl halides is 2. The third kappa shape index (κ3) is 5.98. The summed E-state index contributed by atoms with van der Waals surface area (Å²) in [5, 5.41) is 12.8. The second kappa shape index (κ2) is 9.89. The molecule has 33 heavy (non-hydrogen) atoms. The molecule has 1 aliphatic rings. The number of benzene rings is 1. The zero-order valence-electron chi connectivity index (χ0n) is 19.4. The average Bonchev–Trinajstić information content (AvgIpc) is 3.54. The van der Waals surface area contributed by atoms with Crippen LogP contribution >= 0.6 is 11.6 Å². The van der Waals surface area contributed by atoms with Crippen molar-refractivity contribution in [1.82, 2.24) is 20.2 Å². The van der Waals surface area contributed by atoms with Gasteiger partial charge in [-0.3, -0.25) is 4.79 Å². The molecule has 1 aliphatic carbocycles. The van der Waals surface area contributed by atoms with Crippen molar-refractivity contribution >= 4 is 17.5 Å². The standard InChI is InChI=1S/C24H31ClF2N4O2/c1-15-28-12-17(13-29-15)19(24(7-8-24)23(2,26)27)11-22(33)30-14-18(31(3)4)9-16-5-6-21(32)20(25)10-16/h5-6,10,12-13,18-19,32H,7-9,11,14H2,1-4H3,(H,30,33)/t18-,19+/m0/s1. The summed E-state index contributed by atoms with van der Waals surface area (Å²) in [6.07, 6.45) is 4.39. The molecule has 9 heteroatoms. The van der Waals surface area contributed by atoms with E-state index in [2.05, 4.69) is 15.3 Å². The maximum Gasteiger partial charge on any atom is 0.251 e. The van der Waals surface area contributed by atoms with E-state index < -0.39 is 17.3 Å². The largest absolute Gasteiger partial charge is 0.506 e. The lowest BCUT2D eigenvalue weighted by Crippen LogP contribution is -2.43. The van der Waals surface area contributed by atoms with Gasteiger partial charge in [0.25, 0.3) is 5.92 Å². The Bertz CT molecular complexity index is 975. The summed E-state index contributed by atoms with van der Waals surface area (Å²) in [4.78, 5) is 23.2. The van der Waals surface area contributed by atoms with Crippen LogP contribution in [-0.2, 0) is 11.2 Å². The van der Waals surface area contributed by atoms with Gasteiger partial charge < -0.3 is 15.3 Å². The van der Waals surface area contributed by atoms with Crippen LogP contribution in [-0.4, -0.2) is 58.5 Å². The monoisotopic (exact) mass is 480 g/mol. The first-order chi connectivity index (χ1) is 15.4. The van der Waals surface area contributed by atoms with Crippen LogP contribution in [0.1, 0.15) is 49.1 Å². The minimum absolute atomic E-state index is 0.0166. The molecular formula is C24H31ClF2N4O2. The Hall–Kier alpha value is -2.32. The number of carbonyl (C=O) groups is 1. The number of halogens is 3. The number of hydrogen-bond donors (Lipinski definition) is 2. The summed E-state index contributed by atoms with van der Waals surface area (Å²) in [6, 6.07) is 4.98. The van der Waals surface area contributed by atoms with Crippen molar-refractivity contribution in [3.05, 3.63) is 52.6 Å². The molecule has 2 N–H and O–H groups in total. The predicted molar refractivity (Wildman–Crippen MR) is 124 cm³/mol. The molecule has 0 aliphatic heterocycles. The summed E-state index contributed by atoms with van der Waals surface area (Å²) in [5.41, 5.74) is 0.243. The number of rotatable bonds is 10. The lowest BCUT2D eigenvalue weighted by molar-refractivity contribution is -0.123. The van der Waals surface area contributed by atoms with Crippen LogP contribution in [0, 0.1) is 12.3 Å². The number of hydrogen-bond acceptors (Lipinski definition) is 5. The highest BCUT2D eigenvalue weighted by Crippen LogP contribution is 2.65. The van der Waals surface area contributed by atoms with Crippen LogP contribution in [0.15, 0.2) is 30.6 Å². The molecule has 2 atom stereocenters. The third-order valence-corrected chi connectivity index (χ3v) is 6.97. The Balaban J connectivity index is 1.70. The van der Waals surface area contributed by atoms with E-state index in [1.165, 1.54) is 6.07 Å².